The molecule has 8 heteroatoms. The molecule has 1 atom stereocenters. The molecule has 0 spiro atoms. The first-order valence-electron chi connectivity index (χ1n) is 8.48. The van der Waals surface area contributed by atoms with Crippen LogP contribution in [-0.2, 0) is 16.0 Å². The smallest absolute Gasteiger partial charge is 0.228 e. The number of hydrogen-bond donors (Lipinski definition) is 2. The van der Waals surface area contributed by atoms with Crippen molar-refractivity contribution in [2.75, 3.05) is 26.8 Å². The van der Waals surface area contributed by atoms with Crippen molar-refractivity contribution in [1.29, 1.82) is 0 Å². The van der Waals surface area contributed by atoms with Gasteiger partial charge in [0.25, 0.3) is 0 Å². The van der Waals surface area contributed by atoms with E-state index in [4.69, 9.17) is 4.74 Å². The predicted molar refractivity (Wildman–Crippen MR) is 112 cm³/mol. The van der Waals surface area contributed by atoms with E-state index in [9.17, 15) is 4.79 Å². The Morgan fingerprint density at radius 1 is 1.35 bits per heavy atom. The standard InChI is InChI=1S/C18H25N3O2S.2ClH/c1-13(11-16-21-14-5-3-4-6-15(14)24-16)20-17(22)18(12-23-2)7-9-19-10-8-18;;/h3-6,13,19H,7-12H2,1-2H3,(H,20,22);2*1H. The molecule has 5 nitrogen and oxygen atoms in total. The van der Waals surface area contributed by atoms with Crippen molar-refractivity contribution in [3.63, 3.8) is 0 Å². The van der Waals surface area contributed by atoms with Crippen LogP contribution in [0.3, 0.4) is 0 Å². The first-order valence-corrected chi connectivity index (χ1v) is 9.30. The summed E-state index contributed by atoms with van der Waals surface area (Å²) in [7, 11) is 1.67. The van der Waals surface area contributed by atoms with Gasteiger partial charge in [0.1, 0.15) is 0 Å². The first kappa shape index (κ1) is 23.1. The minimum absolute atomic E-state index is 0. The second kappa shape index (κ2) is 10.4. The van der Waals surface area contributed by atoms with Crippen LogP contribution in [0.15, 0.2) is 24.3 Å². The molecular weight excluding hydrogens is 393 g/mol. The molecular formula is C18H27Cl2N3O2S. The molecule has 1 aliphatic rings. The highest BCUT2D eigenvalue weighted by Crippen LogP contribution is 2.30. The number of aromatic nitrogens is 1. The van der Waals surface area contributed by atoms with Gasteiger partial charge in [-0.15, -0.1) is 36.2 Å². The fourth-order valence-electron chi connectivity index (χ4n) is 3.32. The number of hydrogen-bond acceptors (Lipinski definition) is 5. The number of fused-ring (bicyclic) bond motifs is 1. The molecule has 0 radical (unpaired) electrons. The maximum absolute atomic E-state index is 12.8. The van der Waals surface area contributed by atoms with Gasteiger partial charge in [0.2, 0.25) is 5.91 Å². The molecule has 146 valence electrons. The van der Waals surface area contributed by atoms with Gasteiger partial charge in [-0.25, -0.2) is 4.98 Å². The maximum atomic E-state index is 12.8. The number of amides is 1. The molecule has 26 heavy (non-hydrogen) atoms. The average molecular weight is 420 g/mol. The highest BCUT2D eigenvalue weighted by atomic mass is 35.5. The van der Waals surface area contributed by atoms with Gasteiger partial charge in [-0.3, -0.25) is 4.79 Å². The molecule has 1 aromatic carbocycles. The number of rotatable bonds is 6. The SMILES string of the molecule is COCC1(C(=O)NC(C)Cc2nc3ccccc3s2)CCNCC1.Cl.Cl. The van der Waals surface area contributed by atoms with Crippen molar-refractivity contribution in [2.45, 2.75) is 32.2 Å². The number of thiazole rings is 1. The van der Waals surface area contributed by atoms with Crippen LogP contribution in [0.1, 0.15) is 24.8 Å². The molecule has 1 fully saturated rings. The molecule has 0 saturated carbocycles. The summed E-state index contributed by atoms with van der Waals surface area (Å²) < 4.78 is 6.54. The molecule has 2 aromatic rings. The van der Waals surface area contributed by atoms with E-state index in [0.717, 1.165) is 42.9 Å². The lowest BCUT2D eigenvalue weighted by Crippen LogP contribution is -2.52. The number of halogens is 2. The Morgan fingerprint density at radius 3 is 2.69 bits per heavy atom. The third kappa shape index (κ3) is 5.30. The summed E-state index contributed by atoms with van der Waals surface area (Å²) in [5.74, 6) is 0.111. The first-order chi connectivity index (χ1) is 11.6. The van der Waals surface area contributed by atoms with Crippen molar-refractivity contribution in [1.82, 2.24) is 15.6 Å². The van der Waals surface area contributed by atoms with Crippen LogP contribution in [0.2, 0.25) is 0 Å². The van der Waals surface area contributed by atoms with Crippen molar-refractivity contribution in [2.24, 2.45) is 5.41 Å². The summed E-state index contributed by atoms with van der Waals surface area (Å²) in [6.45, 7) is 4.26. The lowest BCUT2D eigenvalue weighted by atomic mass is 9.78. The van der Waals surface area contributed by atoms with Gasteiger partial charge in [0, 0.05) is 19.6 Å². The number of piperidine rings is 1. The molecule has 1 aromatic heterocycles. The zero-order valence-corrected chi connectivity index (χ0v) is 17.6. The predicted octanol–water partition coefficient (Wildman–Crippen LogP) is 3.20. The Kier molecular flexibility index (Phi) is 9.27. The fraction of sp³-hybridized carbons (Fsp3) is 0.556. The monoisotopic (exact) mass is 419 g/mol. The van der Waals surface area contributed by atoms with Gasteiger partial charge < -0.3 is 15.4 Å². The van der Waals surface area contributed by atoms with Crippen LogP contribution in [-0.4, -0.2) is 43.7 Å². The lowest BCUT2D eigenvalue weighted by Gasteiger charge is -2.36. The molecule has 2 heterocycles. The normalized spacial score (nSPS) is 17.0. The van der Waals surface area contributed by atoms with E-state index in [2.05, 4.69) is 21.7 Å². The Labute approximate surface area is 171 Å². The van der Waals surface area contributed by atoms with Crippen LogP contribution in [0.4, 0.5) is 0 Å². The zero-order valence-electron chi connectivity index (χ0n) is 15.1. The highest BCUT2D eigenvalue weighted by molar-refractivity contribution is 7.18. The van der Waals surface area contributed by atoms with E-state index in [1.165, 1.54) is 4.70 Å². The van der Waals surface area contributed by atoms with Gasteiger partial charge in [-0.2, -0.15) is 0 Å². The van der Waals surface area contributed by atoms with Gasteiger partial charge >= 0.3 is 0 Å². The summed E-state index contributed by atoms with van der Waals surface area (Å²) >= 11 is 1.70. The van der Waals surface area contributed by atoms with Crippen LogP contribution >= 0.6 is 36.2 Å². The molecule has 2 N–H and O–H groups in total. The number of methoxy groups -OCH3 is 1. The second-order valence-electron chi connectivity index (χ2n) is 6.62. The van der Waals surface area contributed by atoms with Gasteiger partial charge in [0.05, 0.1) is 27.2 Å². The number of benzene rings is 1. The topological polar surface area (TPSA) is 63.2 Å². The summed E-state index contributed by atoms with van der Waals surface area (Å²) in [5.41, 5.74) is 0.632. The quantitative estimate of drug-likeness (QED) is 0.754. The third-order valence-electron chi connectivity index (χ3n) is 4.66. The Hall–Kier alpha value is -0.920. The number of ether oxygens (including phenoxy) is 1. The van der Waals surface area contributed by atoms with Gasteiger partial charge in [-0.05, 0) is 45.0 Å². The summed E-state index contributed by atoms with van der Waals surface area (Å²) in [6, 6.07) is 8.20. The molecule has 1 saturated heterocycles. The minimum atomic E-state index is -0.401. The summed E-state index contributed by atoms with van der Waals surface area (Å²) in [6.07, 6.45) is 2.40. The van der Waals surface area contributed by atoms with Crippen molar-refractivity contribution < 1.29 is 9.53 Å². The van der Waals surface area contributed by atoms with Crippen LogP contribution < -0.4 is 10.6 Å². The Morgan fingerprint density at radius 2 is 2.04 bits per heavy atom. The summed E-state index contributed by atoms with van der Waals surface area (Å²) in [4.78, 5) is 17.5. The fourth-order valence-corrected chi connectivity index (χ4v) is 4.41. The molecule has 1 aliphatic heterocycles. The molecule has 0 bridgehead atoms. The molecule has 0 aliphatic carbocycles. The lowest BCUT2D eigenvalue weighted by molar-refractivity contribution is -0.136. The van der Waals surface area contributed by atoms with Crippen LogP contribution in [0.25, 0.3) is 10.2 Å². The van der Waals surface area contributed by atoms with E-state index in [1.54, 1.807) is 18.4 Å². The van der Waals surface area contributed by atoms with Crippen molar-refractivity contribution in [3.05, 3.63) is 29.3 Å². The van der Waals surface area contributed by atoms with E-state index in [0.29, 0.717) is 6.61 Å². The average Bonchev–Trinajstić information content (AvgIpc) is 2.97. The van der Waals surface area contributed by atoms with Crippen LogP contribution in [0.5, 0.6) is 0 Å². The van der Waals surface area contributed by atoms with Gasteiger partial charge in [0.15, 0.2) is 0 Å². The maximum Gasteiger partial charge on any atom is 0.228 e. The molecule has 1 amide bonds. The van der Waals surface area contributed by atoms with Gasteiger partial charge in [-0.1, -0.05) is 12.1 Å². The largest absolute Gasteiger partial charge is 0.384 e. The number of carbonyl (C=O) groups is 1. The number of nitrogens with zero attached hydrogens (tertiary/aromatic N) is 1. The summed E-state index contributed by atoms with van der Waals surface area (Å²) in [5, 5.41) is 7.57. The minimum Gasteiger partial charge on any atom is -0.384 e. The molecule has 1 unspecified atom stereocenters. The van der Waals surface area contributed by atoms with Crippen molar-refractivity contribution in [3.8, 4) is 0 Å². The van der Waals surface area contributed by atoms with E-state index < -0.39 is 5.41 Å². The number of nitrogens with one attached hydrogen (secondary N) is 2. The second-order valence-corrected chi connectivity index (χ2v) is 7.73. The van der Waals surface area contributed by atoms with Crippen LogP contribution in [0, 0.1) is 5.41 Å². The molecule has 3 rings (SSSR count). The van der Waals surface area contributed by atoms with E-state index in [1.807, 2.05) is 25.1 Å². The van der Waals surface area contributed by atoms with Crippen molar-refractivity contribution >= 4 is 52.3 Å². The third-order valence-corrected chi connectivity index (χ3v) is 5.72. The highest BCUT2D eigenvalue weighted by Gasteiger charge is 2.40. The van der Waals surface area contributed by atoms with E-state index >= 15 is 0 Å². The Bertz CT molecular complexity index is 666. The Balaban J connectivity index is 0.00000169. The number of para-hydroxylation sites is 1. The number of carbonyl (C=O) groups excluding carboxylic acids is 1. The zero-order chi connectivity index (χ0) is 17.0. The van der Waals surface area contributed by atoms with E-state index in [-0.39, 0.29) is 36.8 Å².